The van der Waals surface area contributed by atoms with E-state index in [1.54, 1.807) is 6.07 Å². The summed E-state index contributed by atoms with van der Waals surface area (Å²) in [4.78, 5) is 12.9. The zero-order chi connectivity index (χ0) is 19.5. The number of carbonyl (C=O) groups is 1. The maximum atomic E-state index is 12.9. The van der Waals surface area contributed by atoms with Crippen LogP contribution >= 0.6 is 0 Å². The molecule has 1 amide bonds. The van der Waals surface area contributed by atoms with Crippen LogP contribution in [0.3, 0.4) is 0 Å². The van der Waals surface area contributed by atoms with Crippen LogP contribution in [0.15, 0.2) is 40.9 Å². The molecule has 5 atom stereocenters. The van der Waals surface area contributed by atoms with E-state index in [4.69, 9.17) is 9.26 Å². The molecule has 3 fully saturated rings. The Morgan fingerprint density at radius 2 is 2.04 bits per heavy atom. The summed E-state index contributed by atoms with van der Waals surface area (Å²) in [7, 11) is 0. The van der Waals surface area contributed by atoms with Gasteiger partial charge in [-0.25, -0.2) is 0 Å². The summed E-state index contributed by atoms with van der Waals surface area (Å²) < 4.78 is 11.5. The topological polar surface area (TPSA) is 64.4 Å². The van der Waals surface area contributed by atoms with Gasteiger partial charge in [-0.2, -0.15) is 0 Å². The van der Waals surface area contributed by atoms with Gasteiger partial charge in [0.1, 0.15) is 0 Å². The fraction of sp³-hybridized carbons (Fsp3) is 0.565. The molecule has 148 valence electrons. The first kappa shape index (κ1) is 17.9. The summed E-state index contributed by atoms with van der Waals surface area (Å²) in [5, 5.41) is 7.24. The Labute approximate surface area is 165 Å². The molecule has 1 aliphatic heterocycles. The van der Waals surface area contributed by atoms with Crippen molar-refractivity contribution in [3.05, 3.63) is 53.4 Å². The number of aryl methyl sites for hydroxylation is 1. The van der Waals surface area contributed by atoms with Crippen molar-refractivity contribution < 1.29 is 14.1 Å². The first-order chi connectivity index (χ1) is 13.4. The van der Waals surface area contributed by atoms with E-state index in [9.17, 15) is 4.79 Å². The Morgan fingerprint density at radius 1 is 1.25 bits per heavy atom. The average Bonchev–Trinajstić information content (AvgIpc) is 3.34. The van der Waals surface area contributed by atoms with Crippen molar-refractivity contribution in [2.75, 3.05) is 6.61 Å². The van der Waals surface area contributed by atoms with Crippen molar-refractivity contribution in [3.63, 3.8) is 0 Å². The van der Waals surface area contributed by atoms with E-state index in [1.807, 2.05) is 6.92 Å². The molecular formula is C23H28N2O3. The summed E-state index contributed by atoms with van der Waals surface area (Å²) in [5.74, 6) is 1.17. The maximum Gasteiger partial charge on any atom is 0.290 e. The molecule has 5 nitrogen and oxygen atoms in total. The van der Waals surface area contributed by atoms with E-state index >= 15 is 0 Å². The van der Waals surface area contributed by atoms with Crippen molar-refractivity contribution in [1.29, 1.82) is 0 Å². The van der Waals surface area contributed by atoms with Gasteiger partial charge in [0.05, 0.1) is 11.8 Å². The van der Waals surface area contributed by atoms with Crippen LogP contribution in [0.2, 0.25) is 0 Å². The van der Waals surface area contributed by atoms with Crippen LogP contribution in [0.5, 0.6) is 0 Å². The molecule has 5 rings (SSSR count). The number of carbonyl (C=O) groups excluding carboxylic acids is 1. The number of nitrogens with zero attached hydrogens (tertiary/aromatic N) is 1. The summed E-state index contributed by atoms with van der Waals surface area (Å²) in [5.41, 5.74) is 2.12. The highest BCUT2D eigenvalue weighted by atomic mass is 16.5. The van der Waals surface area contributed by atoms with Crippen molar-refractivity contribution >= 4 is 5.91 Å². The molecule has 1 N–H and O–H groups in total. The first-order valence-electron chi connectivity index (χ1n) is 10.3. The minimum Gasteiger partial charge on any atom is -0.373 e. The summed E-state index contributed by atoms with van der Waals surface area (Å²) in [6.07, 6.45) is 3.45. The molecule has 2 aromatic rings. The third-order valence-corrected chi connectivity index (χ3v) is 7.76. The zero-order valence-electron chi connectivity index (χ0n) is 16.8. The number of rotatable bonds is 3. The van der Waals surface area contributed by atoms with Crippen LogP contribution in [0, 0.1) is 29.6 Å². The van der Waals surface area contributed by atoms with Gasteiger partial charge < -0.3 is 14.6 Å². The number of hydrogen-bond acceptors (Lipinski definition) is 4. The average molecular weight is 380 g/mol. The van der Waals surface area contributed by atoms with Gasteiger partial charge in [-0.3, -0.25) is 4.79 Å². The van der Waals surface area contributed by atoms with Crippen LogP contribution in [-0.4, -0.2) is 23.7 Å². The highest BCUT2D eigenvalue weighted by molar-refractivity contribution is 5.91. The molecule has 1 saturated heterocycles. The maximum absolute atomic E-state index is 12.9. The second-order valence-corrected chi connectivity index (χ2v) is 9.49. The Morgan fingerprint density at radius 3 is 2.75 bits per heavy atom. The number of benzene rings is 1. The minimum atomic E-state index is -0.151. The largest absolute Gasteiger partial charge is 0.373 e. The third-order valence-electron chi connectivity index (χ3n) is 7.76. The molecule has 2 bridgehead atoms. The fourth-order valence-corrected chi connectivity index (χ4v) is 6.43. The lowest BCUT2D eigenvalue weighted by molar-refractivity contribution is -0.120. The SMILES string of the molecule is Cc1cc(C(=O)N[C@H]2C(C)(C)[C@@H]3C[C@@H]4[C@@H](c5ccccc5)OCC[C@@]42C3)on1. The van der Waals surface area contributed by atoms with Gasteiger partial charge in [0.25, 0.3) is 5.91 Å². The lowest BCUT2D eigenvalue weighted by Crippen LogP contribution is -2.58. The van der Waals surface area contributed by atoms with Gasteiger partial charge in [0.2, 0.25) is 5.76 Å². The second kappa shape index (κ2) is 6.18. The molecule has 2 aliphatic carbocycles. The van der Waals surface area contributed by atoms with Crippen molar-refractivity contribution in [1.82, 2.24) is 10.5 Å². The van der Waals surface area contributed by atoms with Gasteiger partial charge in [-0.15, -0.1) is 0 Å². The van der Waals surface area contributed by atoms with E-state index in [0.717, 1.165) is 25.1 Å². The standard InChI is InChI=1S/C23H28N2O3/c1-14-11-18(28-25-14)20(26)24-21-22(2,3)16-12-17-19(15-7-5-4-6-8-15)27-10-9-23(17,21)13-16/h4-8,11,16-17,19,21H,9-10,12-13H2,1-3H3,(H,24,26)/t16-,17-,19-,21+,23-/m1/s1. The van der Waals surface area contributed by atoms with E-state index in [0.29, 0.717) is 17.6 Å². The van der Waals surface area contributed by atoms with Gasteiger partial charge >= 0.3 is 0 Å². The Balaban J connectivity index is 1.48. The summed E-state index contributed by atoms with van der Waals surface area (Å²) in [6.45, 7) is 7.20. The van der Waals surface area contributed by atoms with Gasteiger partial charge in [-0.05, 0) is 54.4 Å². The van der Waals surface area contributed by atoms with E-state index in [-0.39, 0.29) is 28.9 Å². The van der Waals surface area contributed by atoms with Crippen LogP contribution in [0.25, 0.3) is 0 Å². The zero-order valence-corrected chi connectivity index (χ0v) is 16.8. The van der Waals surface area contributed by atoms with Crippen molar-refractivity contribution in [2.24, 2.45) is 22.7 Å². The predicted octanol–water partition coefficient (Wildman–Crippen LogP) is 4.30. The summed E-state index contributed by atoms with van der Waals surface area (Å²) >= 11 is 0. The van der Waals surface area contributed by atoms with Crippen LogP contribution in [0.4, 0.5) is 0 Å². The van der Waals surface area contributed by atoms with Gasteiger partial charge in [0.15, 0.2) is 0 Å². The van der Waals surface area contributed by atoms with Crippen LogP contribution in [0.1, 0.15) is 61.0 Å². The van der Waals surface area contributed by atoms with Crippen molar-refractivity contribution in [2.45, 2.75) is 52.2 Å². The van der Waals surface area contributed by atoms with Crippen LogP contribution < -0.4 is 5.32 Å². The molecule has 1 aromatic heterocycles. The lowest BCUT2D eigenvalue weighted by Gasteiger charge is -2.53. The second-order valence-electron chi connectivity index (χ2n) is 9.49. The van der Waals surface area contributed by atoms with Gasteiger partial charge in [0, 0.05) is 18.7 Å². The van der Waals surface area contributed by atoms with Crippen LogP contribution in [-0.2, 0) is 4.74 Å². The highest BCUT2D eigenvalue weighted by Gasteiger charge is 2.68. The number of fused-ring (bicyclic) bond motifs is 1. The Hall–Kier alpha value is -2.14. The molecule has 1 aromatic carbocycles. The Kier molecular flexibility index (Phi) is 3.96. The molecule has 28 heavy (non-hydrogen) atoms. The number of aromatic nitrogens is 1. The Bertz CT molecular complexity index is 890. The first-order valence-corrected chi connectivity index (χ1v) is 10.3. The number of hydrogen-bond donors (Lipinski definition) is 1. The predicted molar refractivity (Wildman–Crippen MR) is 105 cm³/mol. The molecule has 0 radical (unpaired) electrons. The van der Waals surface area contributed by atoms with Crippen molar-refractivity contribution in [3.8, 4) is 0 Å². The highest BCUT2D eigenvalue weighted by Crippen LogP contribution is 2.70. The minimum absolute atomic E-state index is 0.0554. The molecule has 1 spiro atoms. The third kappa shape index (κ3) is 2.48. The fourth-order valence-electron chi connectivity index (χ4n) is 6.43. The van der Waals surface area contributed by atoms with E-state index < -0.39 is 0 Å². The smallest absolute Gasteiger partial charge is 0.290 e. The van der Waals surface area contributed by atoms with E-state index in [1.165, 1.54) is 12.0 Å². The quantitative estimate of drug-likeness (QED) is 0.862. The monoisotopic (exact) mass is 380 g/mol. The van der Waals surface area contributed by atoms with E-state index in [2.05, 4.69) is 54.7 Å². The van der Waals surface area contributed by atoms with Gasteiger partial charge in [-0.1, -0.05) is 49.3 Å². The molecule has 5 heteroatoms. The molecule has 3 aliphatic rings. The lowest BCUT2D eigenvalue weighted by atomic mass is 9.59. The molecule has 2 saturated carbocycles. The number of nitrogens with one attached hydrogen (secondary N) is 1. The molecule has 0 unspecified atom stereocenters. The molecular weight excluding hydrogens is 352 g/mol. The number of ether oxygens (including phenoxy) is 1. The molecule has 2 heterocycles. The number of amides is 1. The normalized spacial score (nSPS) is 35.5. The summed E-state index contributed by atoms with van der Waals surface area (Å²) in [6, 6.07) is 12.4.